The van der Waals surface area contributed by atoms with Gasteiger partial charge in [0.25, 0.3) is 0 Å². The molecule has 1 rings (SSSR count). The van der Waals surface area contributed by atoms with Gasteiger partial charge >= 0.3 is 0 Å². The van der Waals surface area contributed by atoms with Crippen LogP contribution in [0.1, 0.15) is 33.1 Å². The molecule has 0 aromatic carbocycles. The van der Waals surface area contributed by atoms with E-state index in [1.165, 1.54) is 6.42 Å². The van der Waals surface area contributed by atoms with E-state index in [1.54, 1.807) is 0 Å². The van der Waals surface area contributed by atoms with Crippen LogP contribution in [0, 0.1) is 5.92 Å². The lowest BCUT2D eigenvalue weighted by molar-refractivity contribution is 0.0580. The maximum Gasteiger partial charge on any atom is 0.0767 e. The largest absolute Gasteiger partial charge is 0.376 e. The van der Waals surface area contributed by atoms with Crippen LogP contribution in [0.3, 0.4) is 0 Å². The molecule has 0 bridgehead atoms. The Morgan fingerprint density at radius 2 is 2.42 bits per heavy atom. The summed E-state index contributed by atoms with van der Waals surface area (Å²) in [5, 5.41) is 0. The Morgan fingerprint density at radius 1 is 1.67 bits per heavy atom. The molecule has 1 aliphatic rings. The molecule has 0 saturated carbocycles. The van der Waals surface area contributed by atoms with Crippen LogP contribution in [0.15, 0.2) is 0 Å². The highest BCUT2D eigenvalue weighted by molar-refractivity contribution is 4.83. The summed E-state index contributed by atoms with van der Waals surface area (Å²) >= 11 is 0. The average Bonchev–Trinajstić information content (AvgIpc) is 2.47. The number of hydrogen-bond donors (Lipinski definition) is 2. The van der Waals surface area contributed by atoms with Crippen LogP contribution >= 0.6 is 0 Å². The van der Waals surface area contributed by atoms with E-state index in [0.29, 0.717) is 18.1 Å². The highest BCUT2D eigenvalue weighted by atomic mass is 16.5. The van der Waals surface area contributed by atoms with E-state index in [2.05, 4.69) is 19.3 Å². The van der Waals surface area contributed by atoms with E-state index in [0.717, 1.165) is 19.4 Å². The molecular weight excluding hydrogens is 152 g/mol. The van der Waals surface area contributed by atoms with Crippen molar-refractivity contribution < 1.29 is 4.74 Å². The molecule has 1 aliphatic heterocycles. The highest BCUT2D eigenvalue weighted by Crippen LogP contribution is 2.24. The van der Waals surface area contributed by atoms with Gasteiger partial charge in [0.1, 0.15) is 0 Å². The van der Waals surface area contributed by atoms with Crippen LogP contribution in [0.2, 0.25) is 0 Å². The van der Waals surface area contributed by atoms with Crippen molar-refractivity contribution in [1.29, 1.82) is 0 Å². The molecule has 3 unspecified atom stereocenters. The van der Waals surface area contributed by atoms with Crippen molar-refractivity contribution in [3.8, 4) is 0 Å². The summed E-state index contributed by atoms with van der Waals surface area (Å²) in [4.78, 5) is 0. The van der Waals surface area contributed by atoms with E-state index < -0.39 is 0 Å². The van der Waals surface area contributed by atoms with Gasteiger partial charge in [0, 0.05) is 12.6 Å². The number of nitrogens with one attached hydrogen (secondary N) is 1. The lowest BCUT2D eigenvalue weighted by Gasteiger charge is -2.24. The van der Waals surface area contributed by atoms with Gasteiger partial charge in [-0.2, -0.15) is 0 Å². The highest BCUT2D eigenvalue weighted by Gasteiger charge is 2.30. The van der Waals surface area contributed by atoms with Crippen molar-refractivity contribution >= 4 is 0 Å². The van der Waals surface area contributed by atoms with Gasteiger partial charge in [-0.3, -0.25) is 11.3 Å². The fourth-order valence-corrected chi connectivity index (χ4v) is 1.88. The van der Waals surface area contributed by atoms with Crippen molar-refractivity contribution in [3.63, 3.8) is 0 Å². The van der Waals surface area contributed by atoms with Crippen LogP contribution in [0.25, 0.3) is 0 Å². The lowest BCUT2D eigenvalue weighted by atomic mass is 9.95. The third-order valence-corrected chi connectivity index (χ3v) is 2.65. The predicted octanol–water partition coefficient (Wildman–Crippen LogP) is 1.04. The molecular formula is C9H20N2O. The van der Waals surface area contributed by atoms with Gasteiger partial charge in [0.05, 0.1) is 6.10 Å². The van der Waals surface area contributed by atoms with Gasteiger partial charge in [-0.25, -0.2) is 0 Å². The van der Waals surface area contributed by atoms with Crippen LogP contribution in [-0.2, 0) is 4.74 Å². The van der Waals surface area contributed by atoms with Gasteiger partial charge in [-0.05, 0) is 18.8 Å². The maximum absolute atomic E-state index is 5.63. The van der Waals surface area contributed by atoms with Gasteiger partial charge in [0.15, 0.2) is 0 Å². The first-order valence-corrected chi connectivity index (χ1v) is 4.87. The minimum absolute atomic E-state index is 0.329. The number of rotatable bonds is 4. The van der Waals surface area contributed by atoms with Crippen molar-refractivity contribution in [2.75, 3.05) is 6.61 Å². The second kappa shape index (κ2) is 4.80. The third kappa shape index (κ3) is 2.19. The molecule has 0 radical (unpaired) electrons. The quantitative estimate of drug-likeness (QED) is 0.492. The molecule has 1 fully saturated rings. The van der Waals surface area contributed by atoms with E-state index in [1.807, 2.05) is 0 Å². The lowest BCUT2D eigenvalue weighted by Crippen LogP contribution is -2.45. The molecule has 0 spiro atoms. The summed E-state index contributed by atoms with van der Waals surface area (Å²) in [5.74, 6) is 6.12. The first kappa shape index (κ1) is 9.96. The summed E-state index contributed by atoms with van der Waals surface area (Å²) in [6.45, 7) is 5.30. The Morgan fingerprint density at radius 3 is 2.83 bits per heavy atom. The Labute approximate surface area is 74.6 Å². The Bertz CT molecular complexity index is 130. The normalized spacial score (nSPS) is 32.2. The van der Waals surface area contributed by atoms with Gasteiger partial charge < -0.3 is 4.74 Å². The monoisotopic (exact) mass is 172 g/mol. The minimum Gasteiger partial charge on any atom is -0.376 e. The second-order valence-corrected chi connectivity index (χ2v) is 3.66. The third-order valence-electron chi connectivity index (χ3n) is 2.65. The first-order chi connectivity index (χ1) is 5.79. The molecule has 0 aromatic rings. The molecule has 0 amide bonds. The summed E-state index contributed by atoms with van der Waals surface area (Å²) in [5.41, 5.74) is 2.85. The molecule has 3 N–H and O–H groups in total. The zero-order chi connectivity index (χ0) is 8.97. The standard InChI is InChI=1S/C9H20N2O/c1-3-4-8(11-10)9-7(2)5-6-12-9/h7-9,11H,3-6,10H2,1-2H3. The average molecular weight is 172 g/mol. The van der Waals surface area contributed by atoms with Crippen LogP contribution < -0.4 is 11.3 Å². The maximum atomic E-state index is 5.63. The fourth-order valence-electron chi connectivity index (χ4n) is 1.88. The summed E-state index contributed by atoms with van der Waals surface area (Å²) < 4.78 is 5.63. The van der Waals surface area contributed by atoms with E-state index in [4.69, 9.17) is 10.6 Å². The van der Waals surface area contributed by atoms with Gasteiger partial charge in [0.2, 0.25) is 0 Å². The smallest absolute Gasteiger partial charge is 0.0767 e. The SMILES string of the molecule is CCCC(NN)C1OCCC1C. The molecule has 0 aromatic heterocycles. The van der Waals surface area contributed by atoms with E-state index in [9.17, 15) is 0 Å². The number of hydrogen-bond acceptors (Lipinski definition) is 3. The minimum atomic E-state index is 0.329. The topological polar surface area (TPSA) is 47.3 Å². The molecule has 1 saturated heterocycles. The van der Waals surface area contributed by atoms with Crippen LogP contribution in [0.4, 0.5) is 0 Å². The van der Waals surface area contributed by atoms with Crippen molar-refractivity contribution in [2.24, 2.45) is 11.8 Å². The number of nitrogens with two attached hydrogens (primary N) is 1. The van der Waals surface area contributed by atoms with Crippen LogP contribution in [0.5, 0.6) is 0 Å². The molecule has 12 heavy (non-hydrogen) atoms. The molecule has 3 heteroatoms. The Balaban J connectivity index is 2.41. The first-order valence-electron chi connectivity index (χ1n) is 4.87. The molecule has 3 atom stereocenters. The Kier molecular flexibility index (Phi) is 3.98. The van der Waals surface area contributed by atoms with E-state index in [-0.39, 0.29) is 0 Å². The summed E-state index contributed by atoms with van der Waals surface area (Å²) in [6, 6.07) is 0.340. The summed E-state index contributed by atoms with van der Waals surface area (Å²) in [7, 11) is 0. The second-order valence-electron chi connectivity index (χ2n) is 3.66. The zero-order valence-electron chi connectivity index (χ0n) is 8.05. The van der Waals surface area contributed by atoms with Gasteiger partial charge in [-0.1, -0.05) is 20.3 Å². The predicted molar refractivity (Wildman–Crippen MR) is 49.5 cm³/mol. The Hall–Kier alpha value is -0.120. The number of ether oxygens (including phenoxy) is 1. The van der Waals surface area contributed by atoms with E-state index >= 15 is 0 Å². The van der Waals surface area contributed by atoms with Crippen molar-refractivity contribution in [3.05, 3.63) is 0 Å². The molecule has 3 nitrogen and oxygen atoms in total. The molecule has 1 heterocycles. The fraction of sp³-hybridized carbons (Fsp3) is 1.00. The number of hydrazine groups is 1. The molecule has 72 valence electrons. The summed E-state index contributed by atoms with van der Waals surface area (Å²) in [6.07, 6.45) is 3.76. The zero-order valence-corrected chi connectivity index (χ0v) is 8.05. The van der Waals surface area contributed by atoms with Crippen molar-refractivity contribution in [2.45, 2.75) is 45.3 Å². The van der Waals surface area contributed by atoms with Gasteiger partial charge in [-0.15, -0.1) is 0 Å². The van der Waals surface area contributed by atoms with Crippen molar-refractivity contribution in [1.82, 2.24) is 5.43 Å². The van der Waals surface area contributed by atoms with Crippen LogP contribution in [-0.4, -0.2) is 18.8 Å². The molecule has 0 aliphatic carbocycles.